The number of methoxy groups -OCH3 is 1. The number of aliphatic hydroxyl groups is 1. The second-order valence-corrected chi connectivity index (χ2v) is 7.91. The molecule has 0 fully saturated rings. The zero-order chi connectivity index (χ0) is 23.8. The van der Waals surface area contributed by atoms with Crippen molar-refractivity contribution in [3.63, 3.8) is 0 Å². The van der Waals surface area contributed by atoms with Crippen LogP contribution < -0.4 is 14.8 Å². The van der Waals surface area contributed by atoms with E-state index < -0.39 is 17.8 Å². The van der Waals surface area contributed by atoms with Crippen LogP contribution >= 0.6 is 0 Å². The summed E-state index contributed by atoms with van der Waals surface area (Å²) in [7, 11) is 1.58. The molecule has 0 spiro atoms. The summed E-state index contributed by atoms with van der Waals surface area (Å²) < 4.78 is 50.0. The summed E-state index contributed by atoms with van der Waals surface area (Å²) in [5, 5.41) is 13.5. The van der Waals surface area contributed by atoms with Crippen LogP contribution in [0.1, 0.15) is 35.3 Å². The highest BCUT2D eigenvalue weighted by molar-refractivity contribution is 5.43. The number of rotatable bonds is 10. The van der Waals surface area contributed by atoms with Crippen LogP contribution in [0.2, 0.25) is 0 Å². The lowest BCUT2D eigenvalue weighted by Gasteiger charge is -2.19. The van der Waals surface area contributed by atoms with Crippen LogP contribution in [0.4, 0.5) is 13.2 Å². The highest BCUT2D eigenvalue weighted by Gasteiger charge is 2.30. The molecule has 0 amide bonds. The minimum Gasteiger partial charge on any atom is -0.493 e. The first kappa shape index (κ1) is 24.6. The Labute approximate surface area is 192 Å². The Bertz CT molecular complexity index is 1020. The maximum Gasteiger partial charge on any atom is 0.416 e. The summed E-state index contributed by atoms with van der Waals surface area (Å²) in [5.74, 6) is 1.27. The predicted molar refractivity (Wildman–Crippen MR) is 121 cm³/mol. The lowest BCUT2D eigenvalue weighted by Crippen LogP contribution is -2.32. The van der Waals surface area contributed by atoms with Gasteiger partial charge in [0.1, 0.15) is 6.61 Å². The quantitative estimate of drug-likeness (QED) is 0.418. The molecule has 0 heterocycles. The predicted octanol–water partition coefficient (Wildman–Crippen LogP) is 5.55. The van der Waals surface area contributed by atoms with Crippen molar-refractivity contribution in [3.8, 4) is 11.5 Å². The maximum absolute atomic E-state index is 12.9. The molecule has 3 aromatic rings. The van der Waals surface area contributed by atoms with E-state index in [1.54, 1.807) is 7.11 Å². The van der Waals surface area contributed by atoms with Gasteiger partial charge in [0.15, 0.2) is 11.5 Å². The molecule has 2 N–H and O–H groups in total. The summed E-state index contributed by atoms with van der Waals surface area (Å²) in [6.07, 6.45) is -4.84. The van der Waals surface area contributed by atoms with Crippen LogP contribution in [0.5, 0.6) is 11.5 Å². The summed E-state index contributed by atoms with van der Waals surface area (Å²) in [6, 6.07) is 20.3. The SMILES string of the molecule is COc1cc(CC(C)NCC(O)c2cccc(C(F)(F)F)c2)ccc1OCc1ccccc1. The van der Waals surface area contributed by atoms with Crippen LogP contribution in [-0.2, 0) is 19.2 Å². The number of halogens is 3. The van der Waals surface area contributed by atoms with Crippen molar-refractivity contribution in [1.29, 1.82) is 0 Å². The normalized spacial score (nSPS) is 13.4. The van der Waals surface area contributed by atoms with E-state index in [-0.39, 0.29) is 18.2 Å². The Kier molecular flexibility index (Phi) is 8.36. The van der Waals surface area contributed by atoms with E-state index in [2.05, 4.69) is 5.32 Å². The van der Waals surface area contributed by atoms with E-state index in [9.17, 15) is 18.3 Å². The van der Waals surface area contributed by atoms with Crippen molar-refractivity contribution in [2.75, 3.05) is 13.7 Å². The van der Waals surface area contributed by atoms with Crippen molar-refractivity contribution in [1.82, 2.24) is 5.32 Å². The summed E-state index contributed by atoms with van der Waals surface area (Å²) >= 11 is 0. The van der Waals surface area contributed by atoms with E-state index in [1.807, 2.05) is 55.5 Å². The largest absolute Gasteiger partial charge is 0.493 e. The lowest BCUT2D eigenvalue weighted by atomic mass is 10.0. The Morgan fingerprint density at radius 1 is 0.909 bits per heavy atom. The number of aliphatic hydroxyl groups excluding tert-OH is 1. The van der Waals surface area contributed by atoms with Gasteiger partial charge in [-0.05, 0) is 54.3 Å². The van der Waals surface area contributed by atoms with E-state index in [0.717, 1.165) is 23.3 Å². The van der Waals surface area contributed by atoms with Crippen molar-refractivity contribution in [2.45, 2.75) is 38.3 Å². The second kappa shape index (κ2) is 11.2. The number of benzene rings is 3. The molecule has 33 heavy (non-hydrogen) atoms. The molecule has 0 saturated heterocycles. The first-order valence-electron chi connectivity index (χ1n) is 10.7. The van der Waals surface area contributed by atoms with Gasteiger partial charge in [0.2, 0.25) is 0 Å². The zero-order valence-electron chi connectivity index (χ0n) is 18.6. The van der Waals surface area contributed by atoms with Gasteiger partial charge in [0.05, 0.1) is 18.8 Å². The van der Waals surface area contributed by atoms with Gasteiger partial charge < -0.3 is 19.9 Å². The molecule has 2 atom stereocenters. The summed E-state index contributed by atoms with van der Waals surface area (Å²) in [4.78, 5) is 0. The van der Waals surface area contributed by atoms with Gasteiger partial charge in [0.25, 0.3) is 0 Å². The molecule has 0 saturated carbocycles. The fourth-order valence-electron chi connectivity index (χ4n) is 3.47. The molecule has 176 valence electrons. The number of hydrogen-bond acceptors (Lipinski definition) is 4. The smallest absolute Gasteiger partial charge is 0.416 e. The molecule has 0 aromatic heterocycles. The molecule has 0 aliphatic carbocycles. The Morgan fingerprint density at radius 2 is 1.67 bits per heavy atom. The average Bonchev–Trinajstić information content (AvgIpc) is 2.81. The maximum atomic E-state index is 12.9. The Morgan fingerprint density at radius 3 is 2.36 bits per heavy atom. The van der Waals surface area contributed by atoms with Crippen molar-refractivity contribution >= 4 is 0 Å². The fourth-order valence-corrected chi connectivity index (χ4v) is 3.47. The standard InChI is InChI=1S/C26H28F3NO3/c1-18(30-16-23(31)21-9-6-10-22(15-21)26(27,28)29)13-20-11-12-24(25(14-20)32-2)33-17-19-7-4-3-5-8-19/h3-12,14-15,18,23,30-31H,13,16-17H2,1-2H3. The van der Waals surface area contributed by atoms with E-state index >= 15 is 0 Å². The van der Waals surface area contributed by atoms with Gasteiger partial charge in [-0.1, -0.05) is 48.5 Å². The minimum absolute atomic E-state index is 0.0220. The number of hydrogen-bond donors (Lipinski definition) is 2. The highest BCUT2D eigenvalue weighted by Crippen LogP contribution is 2.31. The molecule has 0 radical (unpaired) electrons. The monoisotopic (exact) mass is 459 g/mol. The van der Waals surface area contributed by atoms with Gasteiger partial charge in [-0.15, -0.1) is 0 Å². The third-order valence-corrected chi connectivity index (χ3v) is 5.27. The highest BCUT2D eigenvalue weighted by atomic mass is 19.4. The van der Waals surface area contributed by atoms with Crippen LogP contribution in [-0.4, -0.2) is 24.8 Å². The first-order valence-corrected chi connectivity index (χ1v) is 10.7. The van der Waals surface area contributed by atoms with Gasteiger partial charge in [-0.25, -0.2) is 0 Å². The molecule has 7 heteroatoms. The fraction of sp³-hybridized carbons (Fsp3) is 0.308. The lowest BCUT2D eigenvalue weighted by molar-refractivity contribution is -0.137. The minimum atomic E-state index is -4.44. The average molecular weight is 460 g/mol. The van der Waals surface area contributed by atoms with Crippen LogP contribution in [0.15, 0.2) is 72.8 Å². The van der Waals surface area contributed by atoms with Gasteiger partial charge in [-0.3, -0.25) is 0 Å². The molecule has 0 bridgehead atoms. The van der Waals surface area contributed by atoms with Gasteiger partial charge >= 0.3 is 6.18 Å². The third kappa shape index (κ3) is 7.23. The molecule has 3 aromatic carbocycles. The van der Waals surface area contributed by atoms with Crippen LogP contribution in [0.3, 0.4) is 0 Å². The van der Waals surface area contributed by atoms with E-state index in [1.165, 1.54) is 12.1 Å². The summed E-state index contributed by atoms with van der Waals surface area (Å²) in [6.45, 7) is 2.52. The molecule has 4 nitrogen and oxygen atoms in total. The molecule has 0 aliphatic rings. The molecular formula is C26H28F3NO3. The molecule has 2 unspecified atom stereocenters. The van der Waals surface area contributed by atoms with Crippen LogP contribution in [0, 0.1) is 0 Å². The Hall–Kier alpha value is -3.03. The van der Waals surface area contributed by atoms with Gasteiger partial charge in [-0.2, -0.15) is 13.2 Å². The zero-order valence-corrected chi connectivity index (χ0v) is 18.6. The van der Waals surface area contributed by atoms with Gasteiger partial charge in [0, 0.05) is 12.6 Å². The second-order valence-electron chi connectivity index (χ2n) is 7.91. The summed E-state index contributed by atoms with van der Waals surface area (Å²) in [5.41, 5.74) is 1.52. The first-order chi connectivity index (χ1) is 15.8. The Balaban J connectivity index is 1.55. The topological polar surface area (TPSA) is 50.7 Å². The van der Waals surface area contributed by atoms with Crippen LogP contribution in [0.25, 0.3) is 0 Å². The van der Waals surface area contributed by atoms with Crippen molar-refractivity contribution in [3.05, 3.63) is 95.1 Å². The van der Waals surface area contributed by atoms with E-state index in [0.29, 0.717) is 24.5 Å². The van der Waals surface area contributed by atoms with Crippen molar-refractivity contribution in [2.24, 2.45) is 0 Å². The number of nitrogens with one attached hydrogen (secondary N) is 1. The van der Waals surface area contributed by atoms with Crippen molar-refractivity contribution < 1.29 is 27.8 Å². The third-order valence-electron chi connectivity index (χ3n) is 5.27. The molecular weight excluding hydrogens is 431 g/mol. The number of ether oxygens (including phenoxy) is 2. The van der Waals surface area contributed by atoms with E-state index in [4.69, 9.17) is 9.47 Å². The molecule has 3 rings (SSSR count). The number of alkyl halides is 3. The molecule has 0 aliphatic heterocycles.